The van der Waals surface area contributed by atoms with Crippen molar-refractivity contribution < 1.29 is 46.6 Å². The summed E-state index contributed by atoms with van der Waals surface area (Å²) in [6, 6.07) is 5.18. The molecule has 6 saturated heterocycles. The monoisotopic (exact) mass is 800 g/mol. The molecule has 11 rings (SSSR count). The highest BCUT2D eigenvalue weighted by atomic mass is 32.3. The second-order valence-electron chi connectivity index (χ2n) is 18.1. The maximum atomic E-state index is 12.7. The van der Waals surface area contributed by atoms with Crippen molar-refractivity contribution in [1.82, 2.24) is 40.4 Å². The molecule has 4 saturated carbocycles. The molecule has 5 N–H and O–H groups in total. The van der Waals surface area contributed by atoms with Gasteiger partial charge in [0.05, 0.1) is 12.1 Å². The number of hydrogen-bond acceptors (Lipinski definition) is 10. The second-order valence-corrected chi connectivity index (χ2v) is 19.1. The Kier molecular flexibility index (Phi) is 9.71. The Morgan fingerprint density at radius 3 is 1.55 bits per heavy atom. The van der Waals surface area contributed by atoms with Crippen molar-refractivity contribution in [3.05, 3.63) is 30.6 Å². The van der Waals surface area contributed by atoms with Crippen LogP contribution in [0.15, 0.2) is 30.6 Å². The number of nitrogens with one attached hydrogen (secondary N) is 3. The number of fused-ring (bicyclic) bond motifs is 4. The summed E-state index contributed by atoms with van der Waals surface area (Å²) < 4.78 is 35.1. The van der Waals surface area contributed by atoms with E-state index in [2.05, 4.69) is 29.7 Å². The highest BCUT2D eigenvalue weighted by molar-refractivity contribution is 7.80. The molecule has 1 aromatic rings. The van der Waals surface area contributed by atoms with Crippen molar-refractivity contribution in [2.75, 3.05) is 39.3 Å². The molecule has 4 atom stereocenters. The number of rotatable bonds is 8. The van der Waals surface area contributed by atoms with Gasteiger partial charge in [0, 0.05) is 75.6 Å². The molecule has 6 amide bonds. The van der Waals surface area contributed by atoms with Crippen LogP contribution >= 0.6 is 0 Å². The SMILES string of the molecule is O=C(NC1CC2(C1)CN(C1CC1)C2)[C@@H]1CC[C@@H]2CN1C(=O)N2O.O=C(NC1CC2(C1)CN(C1CC1)C2)[C@@H]1CC[C@@H]2CN1C(=O)N2OS(=O)(=O)O.c1cc[nH+]cc1. The average molecular weight is 801 g/mol. The van der Waals surface area contributed by atoms with Gasteiger partial charge in [0.15, 0.2) is 12.4 Å². The van der Waals surface area contributed by atoms with Crippen LogP contribution in [0.4, 0.5) is 9.59 Å². The first-order chi connectivity index (χ1) is 26.8. The van der Waals surface area contributed by atoms with E-state index in [0.717, 1.165) is 55.9 Å². The van der Waals surface area contributed by atoms with Gasteiger partial charge in [0.25, 0.3) is 0 Å². The number of H-pyrrole nitrogens is 1. The summed E-state index contributed by atoms with van der Waals surface area (Å²) >= 11 is 0. The molecule has 4 bridgehead atoms. The summed E-state index contributed by atoms with van der Waals surface area (Å²) in [5.41, 5.74) is 0.839. The molecule has 7 heterocycles. The van der Waals surface area contributed by atoms with Crippen molar-refractivity contribution in [1.29, 1.82) is 0 Å². The molecule has 0 aromatic carbocycles. The normalized spacial score (nSPS) is 32.6. The lowest BCUT2D eigenvalue weighted by atomic mass is 9.60. The number of aromatic amines is 1. The topological polar surface area (TPSA) is 210 Å². The minimum Gasteiger partial charge on any atom is -0.352 e. The lowest BCUT2D eigenvalue weighted by Crippen LogP contribution is -2.67. The van der Waals surface area contributed by atoms with Gasteiger partial charge in [0.1, 0.15) is 12.1 Å². The summed E-state index contributed by atoms with van der Waals surface area (Å²) in [5, 5.41) is 17.4. The quantitative estimate of drug-likeness (QED) is 0.212. The zero-order chi connectivity index (χ0) is 39.0. The number of nitrogens with zero attached hydrogens (tertiary/aromatic N) is 6. The van der Waals surface area contributed by atoms with Gasteiger partial charge in [-0.2, -0.15) is 13.5 Å². The van der Waals surface area contributed by atoms with Crippen LogP contribution in [0.2, 0.25) is 0 Å². The zero-order valence-electron chi connectivity index (χ0n) is 31.6. The Hall–Kier alpha value is -3.62. The van der Waals surface area contributed by atoms with E-state index in [0.29, 0.717) is 48.1 Å². The van der Waals surface area contributed by atoms with Crippen molar-refractivity contribution in [2.45, 2.75) is 125 Å². The molecule has 1 aromatic heterocycles. The molecule has 56 heavy (non-hydrogen) atoms. The van der Waals surface area contributed by atoms with Gasteiger partial charge in [-0.25, -0.2) is 19.6 Å². The van der Waals surface area contributed by atoms with Gasteiger partial charge in [-0.1, -0.05) is 6.07 Å². The van der Waals surface area contributed by atoms with Crippen LogP contribution in [0.3, 0.4) is 0 Å². The molecule has 4 aliphatic carbocycles. The maximum Gasteiger partial charge on any atom is 0.418 e. The van der Waals surface area contributed by atoms with Crippen molar-refractivity contribution in [2.24, 2.45) is 10.8 Å². The Bertz CT molecular complexity index is 1760. The Labute approximate surface area is 326 Å². The molecule has 0 radical (unpaired) electrons. The molecule has 2 spiro atoms. The molecular weight excluding hydrogens is 747 g/mol. The Morgan fingerprint density at radius 2 is 1.12 bits per heavy atom. The Morgan fingerprint density at radius 1 is 0.679 bits per heavy atom. The average Bonchev–Trinajstić information content (AvgIpc) is 4.06. The second kappa shape index (κ2) is 14.3. The van der Waals surface area contributed by atoms with E-state index in [1.807, 2.05) is 30.6 Å². The van der Waals surface area contributed by atoms with Gasteiger partial charge in [-0.05, 0) is 87.9 Å². The van der Waals surface area contributed by atoms with Gasteiger partial charge in [-0.3, -0.25) is 29.1 Å². The number of likely N-dealkylation sites (tertiary alicyclic amines) is 2. The number of carbonyl (C=O) groups is 4. The lowest BCUT2D eigenvalue weighted by molar-refractivity contribution is -0.378. The van der Waals surface area contributed by atoms with Crippen molar-refractivity contribution in [3.8, 4) is 0 Å². The number of hydroxylamine groups is 4. The smallest absolute Gasteiger partial charge is 0.352 e. The number of pyridine rings is 1. The van der Waals surface area contributed by atoms with Gasteiger partial charge in [-0.15, -0.1) is 4.28 Å². The number of aromatic nitrogens is 1. The fourth-order valence-corrected chi connectivity index (χ4v) is 11.1. The molecule has 10 fully saturated rings. The third-order valence-electron chi connectivity index (χ3n) is 13.7. The van der Waals surface area contributed by atoms with Crippen LogP contribution in [0.25, 0.3) is 0 Å². The van der Waals surface area contributed by atoms with Gasteiger partial charge >= 0.3 is 22.5 Å². The highest BCUT2D eigenvalue weighted by Crippen LogP contribution is 2.52. The van der Waals surface area contributed by atoms with E-state index in [9.17, 15) is 32.8 Å². The van der Waals surface area contributed by atoms with Gasteiger partial charge in [0.2, 0.25) is 11.8 Å². The van der Waals surface area contributed by atoms with Crippen LogP contribution in [-0.2, 0) is 24.3 Å². The van der Waals surface area contributed by atoms with E-state index in [1.165, 1.54) is 48.6 Å². The zero-order valence-corrected chi connectivity index (χ0v) is 32.4. The van der Waals surface area contributed by atoms with Crippen LogP contribution in [-0.4, -0.2) is 159 Å². The molecule has 306 valence electrons. The number of amides is 6. The number of hydrogen-bond donors (Lipinski definition) is 4. The van der Waals surface area contributed by atoms with Crippen LogP contribution < -0.4 is 15.6 Å². The fourth-order valence-electron chi connectivity index (χ4n) is 10.7. The number of piperidine rings is 2. The first kappa shape index (κ1) is 37.9. The molecule has 0 unspecified atom stereocenters. The lowest BCUT2D eigenvalue weighted by Gasteiger charge is -2.59. The van der Waals surface area contributed by atoms with E-state index < -0.39 is 40.6 Å². The van der Waals surface area contributed by atoms with E-state index >= 15 is 0 Å². The van der Waals surface area contributed by atoms with E-state index in [4.69, 9.17) is 4.55 Å². The predicted octanol–water partition coefficient (Wildman–Crippen LogP) is 0.620. The van der Waals surface area contributed by atoms with Crippen molar-refractivity contribution >= 4 is 34.3 Å². The summed E-state index contributed by atoms with van der Waals surface area (Å²) in [6.45, 7) is 5.39. The standard InChI is InChI=1S/C16H24N4O6S.C16H24N4O3.C5H5N/c21-14(17-10-5-16(6-10)8-18(9-16)11-1-2-11)13-4-3-12-7-19(13)15(22)20(12)26-27(23,24)25;21-14(13-4-3-12-7-19(13)15(22)20(12)23)17-10-5-16(6-10)8-18(9-16)11-1-2-11;1-2-4-6-5-3-1/h10-13H,1-9H2,(H,17,21)(H,23,24,25);10-13,23H,1-9H2,(H,17,21);1-5H/p+1/t2*12-,13+;/m11./s1. The maximum absolute atomic E-state index is 12.7. The molecule has 10 aliphatic rings. The summed E-state index contributed by atoms with van der Waals surface area (Å²) in [5.74, 6) is -0.223. The molecule has 6 aliphatic heterocycles. The number of carbonyl (C=O) groups excluding carboxylic acids is 4. The van der Waals surface area contributed by atoms with Crippen LogP contribution in [0.1, 0.15) is 77.0 Å². The van der Waals surface area contributed by atoms with E-state index in [-0.39, 0.29) is 36.5 Å². The molecule has 19 heteroatoms. The summed E-state index contributed by atoms with van der Waals surface area (Å²) in [4.78, 5) is 60.4. The van der Waals surface area contributed by atoms with Crippen LogP contribution in [0.5, 0.6) is 0 Å². The van der Waals surface area contributed by atoms with Crippen molar-refractivity contribution in [3.63, 3.8) is 0 Å². The largest absolute Gasteiger partial charge is 0.418 e. The minimum atomic E-state index is -4.77. The minimum absolute atomic E-state index is 0.0367. The predicted molar refractivity (Wildman–Crippen MR) is 195 cm³/mol. The first-order valence-electron chi connectivity index (χ1n) is 20.3. The molecular formula is C37H54N9O9S+. The summed E-state index contributed by atoms with van der Waals surface area (Å²) in [6.07, 6.45) is 15.5. The first-order valence-corrected chi connectivity index (χ1v) is 21.7. The Balaban J connectivity index is 0.000000128. The summed E-state index contributed by atoms with van der Waals surface area (Å²) in [7, 11) is -4.77. The van der Waals surface area contributed by atoms with Crippen LogP contribution in [0, 0.1) is 10.8 Å². The third-order valence-corrected chi connectivity index (χ3v) is 14.1. The number of urea groups is 2. The fraction of sp³-hybridized carbons (Fsp3) is 0.757. The third kappa shape index (κ3) is 7.57. The van der Waals surface area contributed by atoms with E-state index in [1.54, 1.807) is 0 Å². The van der Waals surface area contributed by atoms with Gasteiger partial charge < -0.3 is 20.4 Å². The molecule has 18 nitrogen and oxygen atoms in total. The highest BCUT2D eigenvalue weighted by Gasteiger charge is 2.57.